The molecule has 0 spiro atoms. The van der Waals surface area contributed by atoms with Crippen LogP contribution in [0.4, 0.5) is 0 Å². The summed E-state index contributed by atoms with van der Waals surface area (Å²) in [6.07, 6.45) is 4.11. The Bertz CT molecular complexity index is 548. The van der Waals surface area contributed by atoms with Crippen LogP contribution in [-0.2, 0) is 10.2 Å². The van der Waals surface area contributed by atoms with Crippen molar-refractivity contribution in [3.8, 4) is 11.5 Å². The second-order valence-electron chi connectivity index (χ2n) is 5.56. The van der Waals surface area contributed by atoms with Crippen LogP contribution in [0.5, 0.6) is 11.5 Å². The van der Waals surface area contributed by atoms with E-state index in [4.69, 9.17) is 21.1 Å². The lowest BCUT2D eigenvalue weighted by Gasteiger charge is -2.36. The summed E-state index contributed by atoms with van der Waals surface area (Å²) in [5.74, 6) is 0.0609. The number of aryl methyl sites for hydroxylation is 1. The number of hydrogen-bond acceptors (Lipinski definition) is 3. The highest BCUT2D eigenvalue weighted by Gasteiger charge is 2.45. The van der Waals surface area contributed by atoms with Gasteiger partial charge >= 0.3 is 5.97 Å². The predicted molar refractivity (Wildman–Crippen MR) is 81.7 cm³/mol. The van der Waals surface area contributed by atoms with Gasteiger partial charge in [0.1, 0.15) is 0 Å². The quantitative estimate of drug-likeness (QED) is 0.914. The zero-order chi connectivity index (χ0) is 15.6. The molecule has 116 valence electrons. The van der Waals surface area contributed by atoms with E-state index in [-0.39, 0.29) is 0 Å². The van der Waals surface area contributed by atoms with Crippen molar-refractivity contribution in [3.63, 3.8) is 0 Å². The molecular weight excluding hydrogens is 292 g/mol. The van der Waals surface area contributed by atoms with E-state index in [2.05, 4.69) is 0 Å². The van der Waals surface area contributed by atoms with Crippen molar-refractivity contribution < 1.29 is 19.4 Å². The molecule has 0 bridgehead atoms. The van der Waals surface area contributed by atoms with E-state index < -0.39 is 11.4 Å². The Hall–Kier alpha value is -1.42. The summed E-state index contributed by atoms with van der Waals surface area (Å²) in [6, 6.07) is 1.76. The standard InChI is InChI=1S/C16H21ClO4/c1-10-9-11(17)13(20-2)14(21-3)12(10)16(15(18)19)7-5-4-6-8-16/h9H,4-8H2,1-3H3,(H,18,19). The van der Waals surface area contributed by atoms with E-state index in [0.29, 0.717) is 34.9 Å². The van der Waals surface area contributed by atoms with Crippen LogP contribution >= 0.6 is 11.6 Å². The lowest BCUT2D eigenvalue weighted by molar-refractivity contribution is -0.145. The Morgan fingerprint density at radius 1 is 1.19 bits per heavy atom. The minimum atomic E-state index is -0.911. The van der Waals surface area contributed by atoms with Crippen LogP contribution in [0.1, 0.15) is 43.2 Å². The van der Waals surface area contributed by atoms with Crippen molar-refractivity contribution in [2.75, 3.05) is 14.2 Å². The number of aliphatic carboxylic acids is 1. The van der Waals surface area contributed by atoms with Gasteiger partial charge in [0.05, 0.1) is 24.7 Å². The molecule has 5 heteroatoms. The van der Waals surface area contributed by atoms with Crippen LogP contribution in [0.25, 0.3) is 0 Å². The number of hydrogen-bond donors (Lipinski definition) is 1. The number of carbonyl (C=O) groups is 1. The van der Waals surface area contributed by atoms with Gasteiger partial charge in [0, 0.05) is 5.56 Å². The average Bonchev–Trinajstić information content (AvgIpc) is 2.46. The monoisotopic (exact) mass is 312 g/mol. The van der Waals surface area contributed by atoms with Crippen LogP contribution in [0, 0.1) is 6.92 Å². The molecule has 1 saturated carbocycles. The Balaban J connectivity index is 2.73. The molecule has 0 aliphatic heterocycles. The van der Waals surface area contributed by atoms with Crippen molar-refractivity contribution in [2.45, 2.75) is 44.4 Å². The number of rotatable bonds is 4. The highest BCUT2D eigenvalue weighted by atomic mass is 35.5. The molecule has 0 saturated heterocycles. The van der Waals surface area contributed by atoms with Crippen molar-refractivity contribution in [3.05, 3.63) is 22.2 Å². The summed E-state index contributed by atoms with van der Waals surface area (Å²) < 4.78 is 10.8. The van der Waals surface area contributed by atoms with Gasteiger partial charge in [0.25, 0.3) is 0 Å². The van der Waals surface area contributed by atoms with Crippen molar-refractivity contribution in [1.29, 1.82) is 0 Å². The van der Waals surface area contributed by atoms with E-state index in [1.807, 2.05) is 6.92 Å². The molecule has 0 heterocycles. The van der Waals surface area contributed by atoms with Crippen molar-refractivity contribution in [2.24, 2.45) is 0 Å². The summed E-state index contributed by atoms with van der Waals surface area (Å²) in [6.45, 7) is 1.88. The first-order chi connectivity index (χ1) is 9.97. The lowest BCUT2D eigenvalue weighted by Crippen LogP contribution is -2.39. The fourth-order valence-corrected chi connectivity index (χ4v) is 3.76. The molecule has 4 nitrogen and oxygen atoms in total. The summed E-state index contributed by atoms with van der Waals surface area (Å²) in [5, 5.41) is 10.3. The van der Waals surface area contributed by atoms with E-state index in [1.54, 1.807) is 6.07 Å². The minimum absolute atomic E-state index is 0.408. The number of halogens is 1. The van der Waals surface area contributed by atoms with Crippen LogP contribution < -0.4 is 9.47 Å². The third kappa shape index (κ3) is 2.57. The molecule has 1 aromatic rings. The Morgan fingerprint density at radius 3 is 2.24 bits per heavy atom. The van der Waals surface area contributed by atoms with Gasteiger partial charge in [-0.3, -0.25) is 4.79 Å². The SMILES string of the molecule is COc1c(Cl)cc(C)c(C2(C(=O)O)CCCCC2)c1OC. The molecule has 0 radical (unpaired) electrons. The van der Waals surface area contributed by atoms with Gasteiger partial charge in [0.15, 0.2) is 11.5 Å². The first kappa shape index (κ1) is 16.0. The maximum atomic E-state index is 12.1. The largest absolute Gasteiger partial charge is 0.492 e. The molecule has 1 N–H and O–H groups in total. The van der Waals surface area contributed by atoms with E-state index in [1.165, 1.54) is 14.2 Å². The summed E-state index contributed by atoms with van der Waals surface area (Å²) >= 11 is 6.20. The van der Waals surface area contributed by atoms with Gasteiger partial charge < -0.3 is 14.6 Å². The fraction of sp³-hybridized carbons (Fsp3) is 0.562. The van der Waals surface area contributed by atoms with Crippen LogP contribution in [0.2, 0.25) is 5.02 Å². The summed E-state index contributed by atoms with van der Waals surface area (Å²) in [7, 11) is 3.03. The van der Waals surface area contributed by atoms with Gasteiger partial charge in [-0.2, -0.15) is 0 Å². The van der Waals surface area contributed by atoms with E-state index in [0.717, 1.165) is 24.8 Å². The van der Waals surface area contributed by atoms with Gasteiger partial charge in [-0.05, 0) is 31.4 Å². The Morgan fingerprint density at radius 2 is 1.76 bits per heavy atom. The third-order valence-corrected chi connectivity index (χ3v) is 4.67. The second-order valence-corrected chi connectivity index (χ2v) is 5.97. The molecule has 1 aliphatic carbocycles. The Labute approximate surface area is 130 Å². The van der Waals surface area contributed by atoms with E-state index in [9.17, 15) is 9.90 Å². The lowest BCUT2D eigenvalue weighted by atomic mass is 9.68. The van der Waals surface area contributed by atoms with Gasteiger partial charge in [-0.25, -0.2) is 0 Å². The summed E-state index contributed by atoms with van der Waals surface area (Å²) in [5.41, 5.74) is 0.631. The molecule has 0 amide bonds. The fourth-order valence-electron chi connectivity index (χ4n) is 3.43. The zero-order valence-corrected chi connectivity index (χ0v) is 13.4. The van der Waals surface area contributed by atoms with Crippen LogP contribution in [0.3, 0.4) is 0 Å². The third-order valence-electron chi connectivity index (χ3n) is 4.39. The number of carboxylic acids is 1. The molecular formula is C16H21ClO4. The number of benzene rings is 1. The minimum Gasteiger partial charge on any atom is -0.492 e. The normalized spacial score (nSPS) is 17.3. The van der Waals surface area contributed by atoms with Gasteiger partial charge in [-0.15, -0.1) is 0 Å². The van der Waals surface area contributed by atoms with Crippen LogP contribution in [-0.4, -0.2) is 25.3 Å². The maximum absolute atomic E-state index is 12.1. The topological polar surface area (TPSA) is 55.8 Å². The van der Waals surface area contributed by atoms with Crippen LogP contribution in [0.15, 0.2) is 6.07 Å². The number of methoxy groups -OCH3 is 2. The second kappa shape index (κ2) is 6.14. The smallest absolute Gasteiger partial charge is 0.314 e. The average molecular weight is 313 g/mol. The summed E-state index contributed by atoms with van der Waals surface area (Å²) in [4.78, 5) is 12.1. The molecule has 1 aromatic carbocycles. The molecule has 0 atom stereocenters. The molecule has 1 aliphatic rings. The maximum Gasteiger partial charge on any atom is 0.314 e. The molecule has 1 fully saturated rings. The zero-order valence-electron chi connectivity index (χ0n) is 12.7. The molecule has 0 aromatic heterocycles. The highest BCUT2D eigenvalue weighted by Crippen LogP contribution is 2.50. The first-order valence-electron chi connectivity index (χ1n) is 7.13. The molecule has 2 rings (SSSR count). The van der Waals surface area contributed by atoms with Gasteiger partial charge in [0.2, 0.25) is 0 Å². The molecule has 0 unspecified atom stereocenters. The van der Waals surface area contributed by atoms with Gasteiger partial charge in [-0.1, -0.05) is 30.9 Å². The van der Waals surface area contributed by atoms with Crippen molar-refractivity contribution in [1.82, 2.24) is 0 Å². The molecule has 21 heavy (non-hydrogen) atoms. The number of ether oxygens (including phenoxy) is 2. The van der Waals surface area contributed by atoms with E-state index >= 15 is 0 Å². The first-order valence-corrected chi connectivity index (χ1v) is 7.50. The van der Waals surface area contributed by atoms with Crippen molar-refractivity contribution >= 4 is 17.6 Å². The predicted octanol–water partition coefficient (Wildman–Crippen LogP) is 3.95. The number of carboxylic acid groups (broad SMARTS) is 1. The highest BCUT2D eigenvalue weighted by molar-refractivity contribution is 6.32. The Kier molecular flexibility index (Phi) is 4.67.